The van der Waals surface area contributed by atoms with Crippen molar-refractivity contribution < 1.29 is 23.9 Å². The Hall–Kier alpha value is -2.87. The Morgan fingerprint density at radius 2 is 2.04 bits per heavy atom. The number of amides is 2. The molecule has 126 valence electrons. The second kappa shape index (κ2) is 8.11. The van der Waals surface area contributed by atoms with Gasteiger partial charge in [-0.2, -0.15) is 0 Å². The number of thiophene rings is 1. The van der Waals surface area contributed by atoms with Crippen molar-refractivity contribution in [2.45, 2.75) is 6.42 Å². The number of nitrogens with two attached hydrogens (primary N) is 1. The van der Waals surface area contributed by atoms with Gasteiger partial charge in [-0.25, -0.2) is 0 Å². The van der Waals surface area contributed by atoms with E-state index in [4.69, 9.17) is 15.2 Å². The van der Waals surface area contributed by atoms with E-state index < -0.39 is 24.4 Å². The second-order valence-corrected chi connectivity index (χ2v) is 5.68. The molecule has 0 unspecified atom stereocenters. The maximum Gasteiger partial charge on any atom is 0.310 e. The SMILES string of the molecule is COc1cccc(CC(=O)OCC(=O)Nc2sccc2C(N)=O)c1. The number of hydrogen-bond acceptors (Lipinski definition) is 6. The first kappa shape index (κ1) is 17.5. The molecule has 0 atom stereocenters. The Kier molecular flexibility index (Phi) is 5.91. The number of hydrogen-bond donors (Lipinski definition) is 2. The molecule has 3 N–H and O–H groups in total. The maximum absolute atomic E-state index is 11.8. The molecular weight excluding hydrogens is 332 g/mol. The average molecular weight is 348 g/mol. The van der Waals surface area contributed by atoms with E-state index in [0.29, 0.717) is 16.3 Å². The van der Waals surface area contributed by atoms with Crippen molar-refractivity contribution in [3.63, 3.8) is 0 Å². The van der Waals surface area contributed by atoms with Gasteiger partial charge in [0.1, 0.15) is 10.8 Å². The van der Waals surface area contributed by atoms with Gasteiger partial charge in [-0.1, -0.05) is 12.1 Å². The first-order valence-electron chi connectivity index (χ1n) is 6.95. The second-order valence-electron chi connectivity index (χ2n) is 4.76. The smallest absolute Gasteiger partial charge is 0.310 e. The Bertz CT molecular complexity index is 756. The molecule has 0 fully saturated rings. The Morgan fingerprint density at radius 3 is 2.75 bits per heavy atom. The van der Waals surface area contributed by atoms with Crippen LogP contribution in [0.15, 0.2) is 35.7 Å². The number of ether oxygens (including phenoxy) is 2. The fourth-order valence-corrected chi connectivity index (χ4v) is 2.72. The minimum absolute atomic E-state index is 0.0238. The van der Waals surface area contributed by atoms with E-state index in [1.165, 1.54) is 13.2 Å². The van der Waals surface area contributed by atoms with Crippen LogP contribution in [0.5, 0.6) is 5.75 Å². The third-order valence-electron chi connectivity index (χ3n) is 3.03. The van der Waals surface area contributed by atoms with Crippen LogP contribution >= 0.6 is 11.3 Å². The van der Waals surface area contributed by atoms with Crippen molar-refractivity contribution in [3.05, 3.63) is 46.8 Å². The van der Waals surface area contributed by atoms with Gasteiger partial charge in [0.2, 0.25) is 0 Å². The third-order valence-corrected chi connectivity index (χ3v) is 3.86. The lowest BCUT2D eigenvalue weighted by Gasteiger charge is -2.07. The molecule has 0 aliphatic rings. The predicted molar refractivity (Wildman–Crippen MR) is 89.1 cm³/mol. The molecule has 0 radical (unpaired) electrons. The Balaban J connectivity index is 1.83. The molecule has 0 aliphatic heterocycles. The first-order chi connectivity index (χ1) is 11.5. The number of carbonyl (C=O) groups excluding carboxylic acids is 3. The van der Waals surface area contributed by atoms with E-state index in [1.807, 2.05) is 0 Å². The molecule has 0 saturated heterocycles. The van der Waals surface area contributed by atoms with Crippen LogP contribution in [0.3, 0.4) is 0 Å². The van der Waals surface area contributed by atoms with E-state index in [9.17, 15) is 14.4 Å². The summed E-state index contributed by atoms with van der Waals surface area (Å²) in [6, 6.07) is 8.51. The van der Waals surface area contributed by atoms with E-state index >= 15 is 0 Å². The molecule has 8 heteroatoms. The largest absolute Gasteiger partial charge is 0.497 e. The summed E-state index contributed by atoms with van der Waals surface area (Å²) in [5.41, 5.74) is 6.12. The lowest BCUT2D eigenvalue weighted by atomic mass is 10.1. The molecule has 0 bridgehead atoms. The van der Waals surface area contributed by atoms with Crippen LogP contribution in [-0.2, 0) is 20.7 Å². The van der Waals surface area contributed by atoms with E-state index in [0.717, 1.165) is 11.3 Å². The Morgan fingerprint density at radius 1 is 1.25 bits per heavy atom. The number of benzene rings is 1. The van der Waals surface area contributed by atoms with Gasteiger partial charge in [0.25, 0.3) is 11.8 Å². The monoisotopic (exact) mass is 348 g/mol. The highest BCUT2D eigenvalue weighted by molar-refractivity contribution is 7.14. The minimum Gasteiger partial charge on any atom is -0.497 e. The van der Waals surface area contributed by atoms with Crippen LogP contribution in [0.1, 0.15) is 15.9 Å². The van der Waals surface area contributed by atoms with Crippen LogP contribution in [-0.4, -0.2) is 31.5 Å². The molecule has 0 saturated carbocycles. The Labute approximate surface area is 142 Å². The van der Waals surface area contributed by atoms with E-state index in [2.05, 4.69) is 5.32 Å². The maximum atomic E-state index is 11.8. The van der Waals surface area contributed by atoms with Crippen LogP contribution < -0.4 is 15.8 Å². The molecule has 1 heterocycles. The van der Waals surface area contributed by atoms with Gasteiger partial charge in [-0.3, -0.25) is 14.4 Å². The summed E-state index contributed by atoms with van der Waals surface area (Å²) >= 11 is 1.16. The average Bonchev–Trinajstić information content (AvgIpc) is 3.01. The molecule has 0 aliphatic carbocycles. The van der Waals surface area contributed by atoms with E-state index in [-0.39, 0.29) is 12.0 Å². The molecule has 7 nitrogen and oxygen atoms in total. The van der Waals surface area contributed by atoms with Crippen molar-refractivity contribution in [1.82, 2.24) is 0 Å². The van der Waals surface area contributed by atoms with Gasteiger partial charge in [-0.15, -0.1) is 11.3 Å². The zero-order valence-electron chi connectivity index (χ0n) is 12.9. The fraction of sp³-hybridized carbons (Fsp3) is 0.188. The highest BCUT2D eigenvalue weighted by Gasteiger charge is 2.14. The lowest BCUT2D eigenvalue weighted by molar-refractivity contribution is -0.146. The van der Waals surface area contributed by atoms with Crippen LogP contribution in [0.25, 0.3) is 0 Å². The van der Waals surface area contributed by atoms with Gasteiger partial charge >= 0.3 is 5.97 Å². The van der Waals surface area contributed by atoms with Gasteiger partial charge in [0.05, 0.1) is 19.1 Å². The number of methoxy groups -OCH3 is 1. The first-order valence-corrected chi connectivity index (χ1v) is 7.83. The zero-order valence-corrected chi connectivity index (χ0v) is 13.7. The van der Waals surface area contributed by atoms with Gasteiger partial charge in [0, 0.05) is 0 Å². The molecule has 2 amide bonds. The summed E-state index contributed by atoms with van der Waals surface area (Å²) in [6.45, 7) is -0.446. The summed E-state index contributed by atoms with van der Waals surface area (Å²) in [5, 5.41) is 4.45. The number of rotatable bonds is 7. The summed E-state index contributed by atoms with van der Waals surface area (Å²) < 4.78 is 10.00. The van der Waals surface area contributed by atoms with Gasteiger partial charge in [0.15, 0.2) is 6.61 Å². The zero-order chi connectivity index (χ0) is 17.5. The van der Waals surface area contributed by atoms with Crippen LogP contribution in [0.2, 0.25) is 0 Å². The number of carbonyl (C=O) groups is 3. The normalized spacial score (nSPS) is 10.0. The van der Waals surface area contributed by atoms with Crippen LogP contribution in [0, 0.1) is 0 Å². The quantitative estimate of drug-likeness (QED) is 0.739. The number of esters is 1. The molecule has 0 spiro atoms. The summed E-state index contributed by atoms with van der Waals surface area (Å²) in [4.78, 5) is 34.7. The third kappa shape index (κ3) is 4.82. The molecular formula is C16H16N2O5S. The summed E-state index contributed by atoms with van der Waals surface area (Å²) in [7, 11) is 1.53. The standard InChI is InChI=1S/C16H16N2O5S/c1-22-11-4-2-3-10(7-11)8-14(20)23-9-13(19)18-16-12(15(17)21)5-6-24-16/h2-7H,8-9H2,1H3,(H2,17,21)(H,18,19). The highest BCUT2D eigenvalue weighted by Crippen LogP contribution is 2.22. The fourth-order valence-electron chi connectivity index (χ4n) is 1.91. The van der Waals surface area contributed by atoms with Crippen molar-refractivity contribution in [1.29, 1.82) is 0 Å². The predicted octanol–water partition coefficient (Wildman–Crippen LogP) is 1.58. The van der Waals surface area contributed by atoms with E-state index in [1.54, 1.807) is 29.6 Å². The van der Waals surface area contributed by atoms with Gasteiger partial charge in [-0.05, 0) is 29.1 Å². The molecule has 2 rings (SSSR count). The minimum atomic E-state index is -0.637. The van der Waals surface area contributed by atoms with Crippen molar-refractivity contribution in [2.75, 3.05) is 19.0 Å². The molecule has 1 aromatic heterocycles. The topological polar surface area (TPSA) is 108 Å². The number of primary amides is 1. The lowest BCUT2D eigenvalue weighted by Crippen LogP contribution is -2.22. The van der Waals surface area contributed by atoms with Crippen molar-refractivity contribution >= 4 is 34.1 Å². The molecule has 1 aromatic carbocycles. The number of nitrogens with one attached hydrogen (secondary N) is 1. The van der Waals surface area contributed by atoms with Crippen molar-refractivity contribution in [2.24, 2.45) is 5.73 Å². The molecule has 24 heavy (non-hydrogen) atoms. The van der Waals surface area contributed by atoms with Crippen molar-refractivity contribution in [3.8, 4) is 5.75 Å². The van der Waals surface area contributed by atoms with Gasteiger partial charge < -0.3 is 20.5 Å². The highest BCUT2D eigenvalue weighted by atomic mass is 32.1. The van der Waals surface area contributed by atoms with Crippen LogP contribution in [0.4, 0.5) is 5.00 Å². The number of anilines is 1. The molecule has 2 aromatic rings. The summed E-state index contributed by atoms with van der Waals surface area (Å²) in [5.74, 6) is -1.09. The summed E-state index contributed by atoms with van der Waals surface area (Å²) in [6.07, 6.45) is 0.0238.